The van der Waals surface area contributed by atoms with E-state index in [-0.39, 0.29) is 28.9 Å². The lowest BCUT2D eigenvalue weighted by Gasteiger charge is -2.28. The largest absolute Gasteiger partial charge is 0.460 e. The third kappa shape index (κ3) is 9.66. The molecular weight excluding hydrogens is 659 g/mol. The Bertz CT molecular complexity index is 1760. The Kier molecular flexibility index (Phi) is 12.9. The third-order valence-corrected chi connectivity index (χ3v) is 11.2. The second kappa shape index (κ2) is 16.9. The molecule has 1 aliphatic heterocycles. The molecule has 0 aromatic heterocycles. The highest BCUT2D eigenvalue weighted by Gasteiger charge is 2.35. The number of para-hydroxylation sites is 2. The molecule has 0 radical (unpaired) electrons. The molecule has 0 aliphatic carbocycles. The monoisotopic (exact) mass is 728 g/mol. The standard InChI is InChI=1S/C50H69N3O/c1-31(2)40-17-15-18-41(32(3)4)46(40)52-48(53-47-42(33(5)6)19-16-20-43(47)34(7)8)54-39-29-44(51-30-39)45(35-21-25-37(26-22-35)49(9,10)11)36-23-27-38(28-24-36)50(12,13)14/h15-28,31-34,39,44-45,51H,29-30H2,1-14H3,(H,52,53)/t39-,44-/m1/s1. The van der Waals surface area contributed by atoms with Gasteiger partial charge in [-0.1, -0.05) is 182 Å². The van der Waals surface area contributed by atoms with Crippen molar-refractivity contribution in [1.29, 1.82) is 0 Å². The van der Waals surface area contributed by atoms with Gasteiger partial charge in [0, 0.05) is 30.6 Å². The quantitative estimate of drug-likeness (QED) is 0.126. The number of nitrogens with one attached hydrogen (secondary N) is 2. The second-order valence-electron chi connectivity index (χ2n) is 19.0. The summed E-state index contributed by atoms with van der Waals surface area (Å²) in [7, 11) is 0. The van der Waals surface area contributed by atoms with Gasteiger partial charge in [-0.2, -0.15) is 4.99 Å². The van der Waals surface area contributed by atoms with Gasteiger partial charge in [0.25, 0.3) is 6.02 Å². The van der Waals surface area contributed by atoms with E-state index >= 15 is 0 Å². The molecule has 4 aromatic carbocycles. The van der Waals surface area contributed by atoms with Gasteiger partial charge in [-0.05, 0) is 79.0 Å². The van der Waals surface area contributed by atoms with Crippen LogP contribution < -0.4 is 10.6 Å². The molecule has 0 amide bonds. The predicted molar refractivity (Wildman–Crippen MR) is 233 cm³/mol. The van der Waals surface area contributed by atoms with E-state index in [9.17, 15) is 0 Å². The molecule has 2 atom stereocenters. The Labute approximate surface area is 328 Å². The maximum atomic E-state index is 7.11. The summed E-state index contributed by atoms with van der Waals surface area (Å²) in [4.78, 5) is 5.47. The van der Waals surface area contributed by atoms with Crippen molar-refractivity contribution in [2.24, 2.45) is 4.99 Å². The van der Waals surface area contributed by atoms with E-state index in [1.165, 1.54) is 44.5 Å². The smallest absolute Gasteiger partial charge is 0.294 e. The fourth-order valence-electron chi connectivity index (χ4n) is 7.90. The van der Waals surface area contributed by atoms with Crippen molar-refractivity contribution in [3.63, 3.8) is 0 Å². The molecule has 4 heteroatoms. The van der Waals surface area contributed by atoms with Crippen molar-refractivity contribution in [1.82, 2.24) is 5.32 Å². The van der Waals surface area contributed by atoms with Crippen LogP contribution in [0.15, 0.2) is 89.9 Å². The first-order valence-corrected chi connectivity index (χ1v) is 20.6. The maximum absolute atomic E-state index is 7.11. The minimum atomic E-state index is -0.0612. The van der Waals surface area contributed by atoms with Crippen LogP contribution in [0.3, 0.4) is 0 Å². The molecule has 0 bridgehead atoms. The lowest BCUT2D eigenvalue weighted by atomic mass is 9.80. The number of hydrogen-bond acceptors (Lipinski definition) is 3. The van der Waals surface area contributed by atoms with E-state index in [4.69, 9.17) is 9.73 Å². The Balaban J connectivity index is 1.56. The SMILES string of the molecule is CC(C)c1cccc(C(C)C)c1/N=C(\Nc1c(C(C)C)cccc1C(C)C)O[C@H]1CN[C@@H](C(c2ccc(C(C)(C)C)cc2)c2ccc(C(C)(C)C)cc2)C1. The van der Waals surface area contributed by atoms with Crippen LogP contribution in [0.2, 0.25) is 0 Å². The summed E-state index contributed by atoms with van der Waals surface area (Å²) in [5.74, 6) is 1.51. The van der Waals surface area contributed by atoms with Gasteiger partial charge in [0.15, 0.2) is 0 Å². The van der Waals surface area contributed by atoms with Gasteiger partial charge in [0.05, 0.1) is 5.69 Å². The number of hydrogen-bond donors (Lipinski definition) is 2. The average Bonchev–Trinajstić information content (AvgIpc) is 3.55. The van der Waals surface area contributed by atoms with Gasteiger partial charge >= 0.3 is 0 Å². The molecule has 1 saturated heterocycles. The van der Waals surface area contributed by atoms with Gasteiger partial charge in [0.1, 0.15) is 6.10 Å². The molecule has 1 heterocycles. The second-order valence-corrected chi connectivity index (χ2v) is 19.0. The topological polar surface area (TPSA) is 45.7 Å². The van der Waals surface area contributed by atoms with E-state index in [1.54, 1.807) is 0 Å². The van der Waals surface area contributed by atoms with E-state index in [0.717, 1.165) is 24.3 Å². The molecule has 5 rings (SSSR count). The lowest BCUT2D eigenvalue weighted by molar-refractivity contribution is 0.205. The molecular formula is C50H69N3O. The zero-order valence-electron chi connectivity index (χ0n) is 35.9. The van der Waals surface area contributed by atoms with Crippen LogP contribution in [-0.2, 0) is 15.6 Å². The predicted octanol–water partition coefficient (Wildman–Crippen LogP) is 13.5. The Morgan fingerprint density at radius 3 is 1.41 bits per heavy atom. The van der Waals surface area contributed by atoms with Crippen LogP contribution in [0.5, 0.6) is 0 Å². The minimum Gasteiger partial charge on any atom is -0.460 e. The van der Waals surface area contributed by atoms with Crippen LogP contribution in [0.4, 0.5) is 11.4 Å². The Morgan fingerprint density at radius 2 is 1.02 bits per heavy atom. The van der Waals surface area contributed by atoms with Gasteiger partial charge in [-0.3, -0.25) is 0 Å². The molecule has 54 heavy (non-hydrogen) atoms. The molecule has 1 aliphatic rings. The number of ether oxygens (including phenoxy) is 1. The lowest BCUT2D eigenvalue weighted by Crippen LogP contribution is -2.30. The van der Waals surface area contributed by atoms with Crippen LogP contribution in [0.25, 0.3) is 0 Å². The third-order valence-electron chi connectivity index (χ3n) is 11.2. The van der Waals surface area contributed by atoms with E-state index in [1.807, 2.05) is 0 Å². The summed E-state index contributed by atoms with van der Waals surface area (Å²) >= 11 is 0. The van der Waals surface area contributed by atoms with Crippen molar-refractivity contribution in [2.45, 2.75) is 156 Å². The first kappa shape index (κ1) is 41.3. The highest BCUT2D eigenvalue weighted by atomic mass is 16.5. The minimum absolute atomic E-state index is 0.0612. The highest BCUT2D eigenvalue weighted by molar-refractivity contribution is 5.93. The molecule has 4 nitrogen and oxygen atoms in total. The molecule has 4 aromatic rings. The number of amidine groups is 1. The molecule has 2 N–H and O–H groups in total. The molecule has 0 saturated carbocycles. The van der Waals surface area contributed by atoms with E-state index < -0.39 is 0 Å². The molecule has 290 valence electrons. The van der Waals surface area contributed by atoms with Crippen molar-refractivity contribution >= 4 is 17.4 Å². The van der Waals surface area contributed by atoms with Gasteiger partial charge in [0.2, 0.25) is 0 Å². The Hall–Kier alpha value is -3.89. The molecule has 0 unspecified atom stereocenters. The first-order valence-electron chi connectivity index (χ1n) is 20.6. The van der Waals surface area contributed by atoms with Gasteiger partial charge in [-0.25, -0.2) is 0 Å². The molecule has 1 fully saturated rings. The summed E-state index contributed by atoms with van der Waals surface area (Å²) in [5, 5.41) is 7.77. The fourth-order valence-corrected chi connectivity index (χ4v) is 7.90. The van der Waals surface area contributed by atoms with Crippen molar-refractivity contribution in [3.8, 4) is 0 Å². The van der Waals surface area contributed by atoms with Gasteiger partial charge in [-0.15, -0.1) is 0 Å². The van der Waals surface area contributed by atoms with Crippen LogP contribution in [0.1, 0.15) is 177 Å². The van der Waals surface area contributed by atoms with Crippen LogP contribution in [-0.4, -0.2) is 24.7 Å². The summed E-state index contributed by atoms with van der Waals surface area (Å²) < 4.78 is 7.11. The van der Waals surface area contributed by atoms with E-state index in [2.05, 4.69) is 192 Å². The van der Waals surface area contributed by atoms with Crippen molar-refractivity contribution in [2.75, 3.05) is 11.9 Å². The van der Waals surface area contributed by atoms with E-state index in [0.29, 0.717) is 29.7 Å². The number of rotatable bonds is 10. The zero-order valence-corrected chi connectivity index (χ0v) is 35.9. The van der Waals surface area contributed by atoms with Crippen molar-refractivity contribution < 1.29 is 4.74 Å². The van der Waals surface area contributed by atoms with Crippen LogP contribution >= 0.6 is 0 Å². The Morgan fingerprint density at radius 1 is 0.611 bits per heavy atom. The highest BCUT2D eigenvalue weighted by Crippen LogP contribution is 2.39. The molecule has 0 spiro atoms. The number of anilines is 1. The summed E-state index contributed by atoms with van der Waals surface area (Å²) in [6.45, 7) is 32.5. The number of nitrogens with zero attached hydrogens (tertiary/aromatic N) is 1. The number of aliphatic imine (C=N–C) groups is 1. The summed E-state index contributed by atoms with van der Waals surface area (Å²) in [5.41, 5.74) is 12.7. The number of benzene rings is 4. The first-order chi connectivity index (χ1) is 25.3. The fraction of sp³-hybridized carbons (Fsp3) is 0.500. The summed E-state index contributed by atoms with van der Waals surface area (Å²) in [6, 6.07) is 32.7. The van der Waals surface area contributed by atoms with Crippen LogP contribution in [0, 0.1) is 0 Å². The zero-order chi connectivity index (χ0) is 39.5. The summed E-state index contributed by atoms with van der Waals surface area (Å²) in [6.07, 6.45) is 0.799. The average molecular weight is 728 g/mol. The maximum Gasteiger partial charge on any atom is 0.294 e. The van der Waals surface area contributed by atoms with Crippen molar-refractivity contribution in [3.05, 3.63) is 129 Å². The normalized spacial score (nSPS) is 17.1. The van der Waals surface area contributed by atoms with Gasteiger partial charge < -0.3 is 15.4 Å².